The van der Waals surface area contributed by atoms with Gasteiger partial charge in [0.2, 0.25) is 5.91 Å². The summed E-state index contributed by atoms with van der Waals surface area (Å²) in [6.45, 7) is 5.12. The summed E-state index contributed by atoms with van der Waals surface area (Å²) in [5, 5.41) is 0. The lowest BCUT2D eigenvalue weighted by molar-refractivity contribution is -0.132. The number of rotatable bonds is 4. The van der Waals surface area contributed by atoms with Crippen LogP contribution in [-0.2, 0) is 11.2 Å². The molecule has 1 saturated heterocycles. The summed E-state index contributed by atoms with van der Waals surface area (Å²) in [5.74, 6) is 0.437. The molecule has 2 atom stereocenters. The lowest BCUT2D eigenvalue weighted by Gasteiger charge is -2.25. The van der Waals surface area contributed by atoms with Crippen molar-refractivity contribution in [2.75, 3.05) is 6.54 Å². The van der Waals surface area contributed by atoms with Gasteiger partial charge >= 0.3 is 0 Å². The number of amides is 1. The Morgan fingerprint density at radius 1 is 1.09 bits per heavy atom. The van der Waals surface area contributed by atoms with E-state index in [0.717, 1.165) is 19.4 Å². The monoisotopic (exact) mass is 293 g/mol. The van der Waals surface area contributed by atoms with Crippen LogP contribution in [-0.4, -0.2) is 17.4 Å². The second-order valence-corrected chi connectivity index (χ2v) is 6.23. The second kappa shape index (κ2) is 6.35. The van der Waals surface area contributed by atoms with Gasteiger partial charge in [0.05, 0.1) is 6.04 Å². The molecule has 3 rings (SSSR count). The zero-order valence-electron chi connectivity index (χ0n) is 13.3. The highest BCUT2D eigenvalue weighted by Crippen LogP contribution is 2.30. The maximum Gasteiger partial charge on any atom is 0.226 e. The topological polar surface area (TPSA) is 20.3 Å². The summed E-state index contributed by atoms with van der Waals surface area (Å²) in [5.41, 5.74) is 3.80. The summed E-state index contributed by atoms with van der Waals surface area (Å²) in [6, 6.07) is 18.8. The molecule has 2 aromatic carbocycles. The van der Waals surface area contributed by atoms with Crippen LogP contribution >= 0.6 is 0 Å². The second-order valence-electron chi connectivity index (χ2n) is 6.23. The van der Waals surface area contributed by atoms with Crippen LogP contribution in [0.25, 0.3) is 0 Å². The number of hydrogen-bond donors (Lipinski definition) is 0. The summed E-state index contributed by atoms with van der Waals surface area (Å²) >= 11 is 0. The van der Waals surface area contributed by atoms with E-state index in [4.69, 9.17) is 0 Å². The van der Waals surface area contributed by atoms with Gasteiger partial charge in [-0.1, -0.05) is 54.6 Å². The SMILES string of the molecule is Cc1ccccc1CC1CCN([C@@H](C)c2ccccc2)C1=O. The van der Waals surface area contributed by atoms with E-state index in [1.54, 1.807) is 0 Å². The van der Waals surface area contributed by atoms with E-state index >= 15 is 0 Å². The molecular formula is C20H23NO. The van der Waals surface area contributed by atoms with Crippen LogP contribution in [0.3, 0.4) is 0 Å². The van der Waals surface area contributed by atoms with E-state index in [9.17, 15) is 4.79 Å². The quantitative estimate of drug-likeness (QED) is 0.829. The zero-order valence-corrected chi connectivity index (χ0v) is 13.3. The number of carbonyl (C=O) groups is 1. The maximum atomic E-state index is 12.8. The number of carbonyl (C=O) groups excluding carboxylic acids is 1. The van der Waals surface area contributed by atoms with Crippen LogP contribution in [0.1, 0.15) is 36.1 Å². The molecule has 22 heavy (non-hydrogen) atoms. The van der Waals surface area contributed by atoms with Crippen LogP contribution in [0.15, 0.2) is 54.6 Å². The van der Waals surface area contributed by atoms with Crippen molar-refractivity contribution in [1.82, 2.24) is 4.90 Å². The summed E-state index contributed by atoms with van der Waals surface area (Å²) in [4.78, 5) is 14.8. The van der Waals surface area contributed by atoms with Gasteiger partial charge in [0.15, 0.2) is 0 Å². The molecular weight excluding hydrogens is 270 g/mol. The van der Waals surface area contributed by atoms with Crippen molar-refractivity contribution in [2.45, 2.75) is 32.7 Å². The summed E-state index contributed by atoms with van der Waals surface area (Å²) in [7, 11) is 0. The van der Waals surface area contributed by atoms with Gasteiger partial charge in [0.25, 0.3) is 0 Å². The first kappa shape index (κ1) is 14.8. The molecule has 1 heterocycles. The predicted octanol–water partition coefficient (Wildman–Crippen LogP) is 4.15. The molecule has 1 aliphatic rings. The van der Waals surface area contributed by atoms with Crippen molar-refractivity contribution in [3.8, 4) is 0 Å². The van der Waals surface area contributed by atoms with E-state index < -0.39 is 0 Å². The highest BCUT2D eigenvalue weighted by molar-refractivity contribution is 5.81. The van der Waals surface area contributed by atoms with Crippen LogP contribution in [0.4, 0.5) is 0 Å². The third kappa shape index (κ3) is 2.92. The van der Waals surface area contributed by atoms with E-state index in [2.05, 4.69) is 50.2 Å². The molecule has 2 nitrogen and oxygen atoms in total. The van der Waals surface area contributed by atoms with E-state index in [1.165, 1.54) is 16.7 Å². The number of benzene rings is 2. The Balaban J connectivity index is 1.71. The molecule has 0 N–H and O–H groups in total. The minimum atomic E-state index is 0.132. The van der Waals surface area contributed by atoms with E-state index in [-0.39, 0.29) is 12.0 Å². The Kier molecular flexibility index (Phi) is 4.28. The Labute approximate surface area is 132 Å². The largest absolute Gasteiger partial charge is 0.336 e. The van der Waals surface area contributed by atoms with Gasteiger partial charge in [-0.3, -0.25) is 4.79 Å². The Morgan fingerprint density at radius 3 is 2.50 bits per heavy atom. The molecule has 0 saturated carbocycles. The fourth-order valence-electron chi connectivity index (χ4n) is 3.35. The van der Waals surface area contributed by atoms with Crippen molar-refractivity contribution in [1.29, 1.82) is 0 Å². The van der Waals surface area contributed by atoms with Crippen molar-refractivity contribution < 1.29 is 4.79 Å². The first-order chi connectivity index (χ1) is 10.7. The fraction of sp³-hybridized carbons (Fsp3) is 0.350. The van der Waals surface area contributed by atoms with Crippen molar-refractivity contribution in [3.63, 3.8) is 0 Å². The molecule has 0 bridgehead atoms. The first-order valence-corrected chi connectivity index (χ1v) is 8.06. The molecule has 0 aliphatic carbocycles. The Bertz CT molecular complexity index is 650. The molecule has 2 aromatic rings. The highest BCUT2D eigenvalue weighted by Gasteiger charge is 2.34. The van der Waals surface area contributed by atoms with Crippen LogP contribution < -0.4 is 0 Å². The molecule has 1 fully saturated rings. The number of likely N-dealkylation sites (tertiary alicyclic amines) is 1. The third-order valence-electron chi connectivity index (χ3n) is 4.83. The summed E-state index contributed by atoms with van der Waals surface area (Å²) in [6.07, 6.45) is 1.83. The molecule has 114 valence electrons. The first-order valence-electron chi connectivity index (χ1n) is 8.06. The van der Waals surface area contributed by atoms with Crippen LogP contribution in [0.2, 0.25) is 0 Å². The van der Waals surface area contributed by atoms with Gasteiger partial charge in [0.1, 0.15) is 0 Å². The molecule has 0 spiro atoms. The standard InChI is InChI=1S/C20H23NO/c1-15-8-6-7-11-18(15)14-19-12-13-21(20(19)22)16(2)17-9-4-3-5-10-17/h3-11,16,19H,12-14H2,1-2H3/t16-,19?/m0/s1. The maximum absolute atomic E-state index is 12.8. The normalized spacial score (nSPS) is 19.5. The minimum absolute atomic E-state index is 0.132. The van der Waals surface area contributed by atoms with Gasteiger partial charge in [0, 0.05) is 12.5 Å². The molecule has 0 aromatic heterocycles. The average Bonchev–Trinajstić information content (AvgIpc) is 2.91. The average molecular weight is 293 g/mol. The van der Waals surface area contributed by atoms with E-state index in [1.807, 2.05) is 23.1 Å². The number of aryl methyl sites for hydroxylation is 1. The molecule has 2 heteroatoms. The highest BCUT2D eigenvalue weighted by atomic mass is 16.2. The third-order valence-corrected chi connectivity index (χ3v) is 4.83. The lowest BCUT2D eigenvalue weighted by atomic mass is 9.95. The summed E-state index contributed by atoms with van der Waals surface area (Å²) < 4.78 is 0. The van der Waals surface area contributed by atoms with Crippen molar-refractivity contribution >= 4 is 5.91 Å². The fourth-order valence-corrected chi connectivity index (χ4v) is 3.35. The van der Waals surface area contributed by atoms with Gasteiger partial charge in [-0.05, 0) is 43.4 Å². The van der Waals surface area contributed by atoms with Gasteiger partial charge in [-0.2, -0.15) is 0 Å². The minimum Gasteiger partial charge on any atom is -0.336 e. The molecule has 1 amide bonds. The zero-order chi connectivity index (χ0) is 15.5. The van der Waals surface area contributed by atoms with Crippen LogP contribution in [0, 0.1) is 12.8 Å². The van der Waals surface area contributed by atoms with Gasteiger partial charge < -0.3 is 4.90 Å². The molecule has 0 radical (unpaired) electrons. The van der Waals surface area contributed by atoms with Gasteiger partial charge in [-0.25, -0.2) is 0 Å². The van der Waals surface area contributed by atoms with Gasteiger partial charge in [-0.15, -0.1) is 0 Å². The number of hydrogen-bond acceptors (Lipinski definition) is 1. The Morgan fingerprint density at radius 2 is 1.77 bits per heavy atom. The molecule has 1 unspecified atom stereocenters. The lowest BCUT2D eigenvalue weighted by Crippen LogP contribution is -2.30. The number of nitrogens with zero attached hydrogens (tertiary/aromatic N) is 1. The Hall–Kier alpha value is -2.09. The predicted molar refractivity (Wildman–Crippen MR) is 89.6 cm³/mol. The smallest absolute Gasteiger partial charge is 0.226 e. The van der Waals surface area contributed by atoms with E-state index in [0.29, 0.717) is 5.91 Å². The molecule has 1 aliphatic heterocycles. The van der Waals surface area contributed by atoms with Crippen molar-refractivity contribution in [3.05, 3.63) is 71.3 Å². The van der Waals surface area contributed by atoms with Crippen LogP contribution in [0.5, 0.6) is 0 Å². The van der Waals surface area contributed by atoms with Crippen molar-refractivity contribution in [2.24, 2.45) is 5.92 Å².